The van der Waals surface area contributed by atoms with E-state index in [1.165, 1.54) is 16.7 Å². The summed E-state index contributed by atoms with van der Waals surface area (Å²) in [4.78, 5) is 26.3. The summed E-state index contributed by atoms with van der Waals surface area (Å²) in [5.41, 5.74) is 1.10. The third-order valence-electron chi connectivity index (χ3n) is 2.86. The Balaban J connectivity index is 2.46. The van der Waals surface area contributed by atoms with E-state index in [-0.39, 0.29) is 5.91 Å². The Labute approximate surface area is 132 Å². The summed E-state index contributed by atoms with van der Waals surface area (Å²) in [7, 11) is 3.41. The number of nitrogens with zero attached hydrogens (tertiary/aromatic N) is 1. The molecular weight excluding hydrogens is 306 g/mol. The molecule has 2 aromatic rings. The van der Waals surface area contributed by atoms with Crippen molar-refractivity contribution in [3.8, 4) is 0 Å². The van der Waals surface area contributed by atoms with E-state index in [9.17, 15) is 9.59 Å². The third kappa shape index (κ3) is 3.46. The average Bonchev–Trinajstić information content (AvgIpc) is 2.49. The van der Waals surface area contributed by atoms with Crippen molar-refractivity contribution >= 4 is 35.6 Å². The van der Waals surface area contributed by atoms with Crippen molar-refractivity contribution in [1.29, 1.82) is 0 Å². The molecule has 0 aliphatic heterocycles. The Kier molecular flexibility index (Phi) is 5.04. The van der Waals surface area contributed by atoms with Gasteiger partial charge in [-0.1, -0.05) is 47.6 Å². The molecular formula is C16H14ClNO2S. The number of hydrogen-bond acceptors (Lipinski definition) is 3. The molecule has 21 heavy (non-hydrogen) atoms. The van der Waals surface area contributed by atoms with Crippen molar-refractivity contribution in [1.82, 2.24) is 4.90 Å². The molecule has 0 bridgehead atoms. The van der Waals surface area contributed by atoms with E-state index in [1.54, 1.807) is 38.4 Å². The molecule has 0 saturated carbocycles. The summed E-state index contributed by atoms with van der Waals surface area (Å²) in [6, 6.07) is 12.4. The van der Waals surface area contributed by atoms with Crippen molar-refractivity contribution < 1.29 is 9.59 Å². The Morgan fingerprint density at radius 1 is 1.14 bits per heavy atom. The Morgan fingerprint density at radius 3 is 2.52 bits per heavy atom. The molecule has 5 heteroatoms. The lowest BCUT2D eigenvalue weighted by atomic mass is 10.2. The van der Waals surface area contributed by atoms with Gasteiger partial charge < -0.3 is 4.90 Å². The zero-order valence-corrected chi connectivity index (χ0v) is 13.2. The average molecular weight is 320 g/mol. The highest BCUT2D eigenvalue weighted by molar-refractivity contribution is 7.99. The van der Waals surface area contributed by atoms with Crippen molar-refractivity contribution in [3.63, 3.8) is 0 Å². The van der Waals surface area contributed by atoms with E-state index in [0.717, 1.165) is 11.2 Å². The van der Waals surface area contributed by atoms with Crippen LogP contribution in [0, 0.1) is 0 Å². The van der Waals surface area contributed by atoms with Crippen LogP contribution in [0.3, 0.4) is 0 Å². The highest BCUT2D eigenvalue weighted by atomic mass is 35.5. The van der Waals surface area contributed by atoms with Gasteiger partial charge in [-0.25, -0.2) is 0 Å². The Morgan fingerprint density at radius 2 is 1.86 bits per heavy atom. The first-order valence-corrected chi connectivity index (χ1v) is 7.46. The van der Waals surface area contributed by atoms with Crippen LogP contribution in [0.4, 0.5) is 0 Å². The van der Waals surface area contributed by atoms with Crippen LogP contribution in [-0.2, 0) is 0 Å². The smallest absolute Gasteiger partial charge is 0.254 e. The van der Waals surface area contributed by atoms with Gasteiger partial charge >= 0.3 is 0 Å². The largest absolute Gasteiger partial charge is 0.345 e. The molecule has 0 aromatic heterocycles. The number of rotatable bonds is 4. The molecule has 108 valence electrons. The summed E-state index contributed by atoms with van der Waals surface area (Å²) < 4.78 is 0. The molecule has 0 unspecified atom stereocenters. The van der Waals surface area contributed by atoms with Gasteiger partial charge in [0.15, 0.2) is 6.29 Å². The van der Waals surface area contributed by atoms with E-state index in [2.05, 4.69) is 0 Å². The Bertz CT molecular complexity index is 686. The molecule has 0 aliphatic rings. The van der Waals surface area contributed by atoms with Gasteiger partial charge in [-0.05, 0) is 18.2 Å². The SMILES string of the molecule is CN(C)C(=O)c1ccccc1Sc1c(Cl)cccc1C=O. The second-order valence-electron chi connectivity index (χ2n) is 4.57. The van der Waals surface area contributed by atoms with Crippen LogP contribution >= 0.6 is 23.4 Å². The van der Waals surface area contributed by atoms with Gasteiger partial charge in [0.2, 0.25) is 0 Å². The Hall–Kier alpha value is -1.78. The van der Waals surface area contributed by atoms with Crippen molar-refractivity contribution in [2.75, 3.05) is 14.1 Å². The number of amides is 1. The van der Waals surface area contributed by atoms with Gasteiger partial charge in [-0.3, -0.25) is 9.59 Å². The molecule has 1 amide bonds. The number of halogens is 1. The fraction of sp³-hybridized carbons (Fsp3) is 0.125. The maximum Gasteiger partial charge on any atom is 0.254 e. The molecule has 0 radical (unpaired) electrons. The van der Waals surface area contributed by atoms with Crippen molar-refractivity contribution in [2.45, 2.75) is 9.79 Å². The molecule has 0 saturated heterocycles. The lowest BCUT2D eigenvalue weighted by molar-refractivity contribution is 0.0824. The minimum absolute atomic E-state index is 0.0854. The summed E-state index contributed by atoms with van der Waals surface area (Å²) >= 11 is 7.50. The van der Waals surface area contributed by atoms with Crippen LogP contribution < -0.4 is 0 Å². The minimum Gasteiger partial charge on any atom is -0.345 e. The molecule has 0 heterocycles. The fourth-order valence-corrected chi connectivity index (χ4v) is 3.14. The first-order chi connectivity index (χ1) is 10.0. The van der Waals surface area contributed by atoms with Gasteiger partial charge in [0, 0.05) is 29.4 Å². The lowest BCUT2D eigenvalue weighted by Gasteiger charge is -2.14. The summed E-state index contributed by atoms with van der Waals surface area (Å²) in [5, 5.41) is 0.497. The van der Waals surface area contributed by atoms with Crippen LogP contribution in [0.2, 0.25) is 5.02 Å². The minimum atomic E-state index is -0.0854. The fourth-order valence-electron chi connectivity index (χ4n) is 1.81. The maximum absolute atomic E-state index is 12.2. The molecule has 0 N–H and O–H groups in total. The highest BCUT2D eigenvalue weighted by Gasteiger charge is 2.16. The van der Waals surface area contributed by atoms with Crippen LogP contribution in [0.15, 0.2) is 52.3 Å². The zero-order chi connectivity index (χ0) is 15.4. The molecule has 2 rings (SSSR count). The van der Waals surface area contributed by atoms with Gasteiger partial charge in [0.25, 0.3) is 5.91 Å². The predicted molar refractivity (Wildman–Crippen MR) is 85.4 cm³/mol. The topological polar surface area (TPSA) is 37.4 Å². The quantitative estimate of drug-likeness (QED) is 0.799. The highest BCUT2D eigenvalue weighted by Crippen LogP contribution is 2.37. The van der Waals surface area contributed by atoms with Gasteiger partial charge in [-0.2, -0.15) is 0 Å². The summed E-state index contributed by atoms with van der Waals surface area (Å²) in [6.07, 6.45) is 0.768. The second kappa shape index (κ2) is 6.78. The number of benzene rings is 2. The standard InChI is InChI=1S/C16H14ClNO2S/c1-18(2)16(20)12-7-3-4-9-14(12)21-15-11(10-19)6-5-8-13(15)17/h3-10H,1-2H3. The molecule has 0 spiro atoms. The number of hydrogen-bond donors (Lipinski definition) is 0. The van der Waals surface area contributed by atoms with Crippen LogP contribution in [-0.4, -0.2) is 31.2 Å². The normalized spacial score (nSPS) is 10.2. The second-order valence-corrected chi connectivity index (χ2v) is 6.03. The first-order valence-electron chi connectivity index (χ1n) is 6.27. The van der Waals surface area contributed by atoms with E-state index < -0.39 is 0 Å². The van der Waals surface area contributed by atoms with E-state index in [0.29, 0.717) is 21.0 Å². The summed E-state index contributed by atoms with van der Waals surface area (Å²) in [6.45, 7) is 0. The van der Waals surface area contributed by atoms with Crippen LogP contribution in [0.5, 0.6) is 0 Å². The van der Waals surface area contributed by atoms with E-state index >= 15 is 0 Å². The van der Waals surface area contributed by atoms with Gasteiger partial charge in [0.05, 0.1) is 10.6 Å². The van der Waals surface area contributed by atoms with Crippen molar-refractivity contribution in [3.05, 3.63) is 58.6 Å². The first kappa shape index (κ1) is 15.6. The van der Waals surface area contributed by atoms with Crippen LogP contribution in [0.1, 0.15) is 20.7 Å². The summed E-state index contributed by atoms with van der Waals surface area (Å²) in [5.74, 6) is -0.0854. The predicted octanol–water partition coefficient (Wildman–Crippen LogP) is 4.01. The van der Waals surface area contributed by atoms with E-state index in [1.807, 2.05) is 18.2 Å². The molecule has 2 aromatic carbocycles. The third-order valence-corrected chi connectivity index (χ3v) is 4.52. The molecule has 0 fully saturated rings. The zero-order valence-electron chi connectivity index (χ0n) is 11.7. The number of carbonyl (C=O) groups is 2. The van der Waals surface area contributed by atoms with E-state index in [4.69, 9.17) is 11.6 Å². The maximum atomic E-state index is 12.2. The van der Waals surface area contributed by atoms with Gasteiger partial charge in [0.1, 0.15) is 0 Å². The monoisotopic (exact) mass is 319 g/mol. The van der Waals surface area contributed by atoms with Crippen molar-refractivity contribution in [2.24, 2.45) is 0 Å². The number of carbonyl (C=O) groups excluding carboxylic acids is 2. The molecule has 0 aliphatic carbocycles. The lowest BCUT2D eigenvalue weighted by Crippen LogP contribution is -2.22. The van der Waals surface area contributed by atoms with Crippen LogP contribution in [0.25, 0.3) is 0 Å². The molecule has 0 atom stereocenters. The molecule has 3 nitrogen and oxygen atoms in total. The van der Waals surface area contributed by atoms with Gasteiger partial charge in [-0.15, -0.1) is 0 Å². The number of aldehydes is 1.